The topological polar surface area (TPSA) is 104 Å². The second-order valence-corrected chi connectivity index (χ2v) is 8.09. The number of pyridine rings is 1. The first-order chi connectivity index (χ1) is 16.5. The minimum absolute atomic E-state index is 0.170. The Morgan fingerprint density at radius 2 is 1.68 bits per heavy atom. The Morgan fingerprint density at radius 3 is 2.41 bits per heavy atom. The Labute approximate surface area is 197 Å². The molecule has 0 aliphatic rings. The Morgan fingerprint density at radius 1 is 0.941 bits per heavy atom. The van der Waals surface area contributed by atoms with Crippen LogP contribution in [0.5, 0.6) is 5.75 Å². The number of imidazole rings is 1. The number of benzene rings is 2. The molecule has 3 aromatic heterocycles. The lowest BCUT2D eigenvalue weighted by atomic mass is 10.1. The highest BCUT2D eigenvalue weighted by Crippen LogP contribution is 2.28. The van der Waals surface area contributed by atoms with E-state index < -0.39 is 0 Å². The van der Waals surface area contributed by atoms with Crippen LogP contribution in [-0.2, 0) is 6.54 Å². The normalized spacial score (nSPS) is 11.0. The predicted octanol–water partition coefficient (Wildman–Crippen LogP) is 4.89. The molecule has 0 radical (unpaired) electrons. The third kappa shape index (κ3) is 4.01. The van der Waals surface area contributed by atoms with Crippen molar-refractivity contribution >= 4 is 28.6 Å². The molecular weight excluding hydrogens is 426 g/mol. The van der Waals surface area contributed by atoms with Crippen molar-refractivity contribution in [1.29, 1.82) is 0 Å². The number of nitrogens with zero attached hydrogens (tertiary/aromatic N) is 5. The van der Waals surface area contributed by atoms with Crippen molar-refractivity contribution in [2.75, 3.05) is 18.2 Å². The molecule has 0 saturated carbocycles. The SMILES string of the molecule is COc1c(C)cnc(Cn2cnc3c(Nc4ccc(-c5ccccc5)cc4)nc(N)nc32)c1C. The number of ether oxygens (including phenoxy) is 1. The van der Waals surface area contributed by atoms with Crippen LogP contribution in [0.15, 0.2) is 67.1 Å². The van der Waals surface area contributed by atoms with Gasteiger partial charge in [-0.15, -0.1) is 0 Å². The van der Waals surface area contributed by atoms with Gasteiger partial charge in [0.2, 0.25) is 5.95 Å². The van der Waals surface area contributed by atoms with Crippen molar-refractivity contribution in [3.05, 3.63) is 83.9 Å². The molecule has 0 aliphatic heterocycles. The van der Waals surface area contributed by atoms with Gasteiger partial charge in [0.1, 0.15) is 5.75 Å². The highest BCUT2D eigenvalue weighted by Gasteiger charge is 2.16. The number of nitrogens with one attached hydrogen (secondary N) is 1. The number of aryl methyl sites for hydroxylation is 1. The van der Waals surface area contributed by atoms with E-state index in [1.807, 2.05) is 54.9 Å². The molecule has 0 saturated heterocycles. The summed E-state index contributed by atoms with van der Waals surface area (Å²) in [6, 6.07) is 18.4. The molecule has 0 aliphatic carbocycles. The number of nitrogens with two attached hydrogens (primary N) is 1. The first-order valence-corrected chi connectivity index (χ1v) is 10.9. The zero-order chi connectivity index (χ0) is 23.7. The number of hydrogen-bond acceptors (Lipinski definition) is 7. The fraction of sp³-hybridized carbons (Fsp3) is 0.154. The van der Waals surface area contributed by atoms with Gasteiger partial charge in [-0.3, -0.25) is 4.98 Å². The van der Waals surface area contributed by atoms with Crippen molar-refractivity contribution in [1.82, 2.24) is 24.5 Å². The Bertz CT molecular complexity index is 1460. The predicted molar refractivity (Wildman–Crippen MR) is 134 cm³/mol. The van der Waals surface area contributed by atoms with E-state index in [0.717, 1.165) is 39.4 Å². The molecule has 0 atom stereocenters. The summed E-state index contributed by atoms with van der Waals surface area (Å²) in [5.74, 6) is 1.56. The maximum atomic E-state index is 6.06. The summed E-state index contributed by atoms with van der Waals surface area (Å²) in [5.41, 5.74) is 13.4. The maximum absolute atomic E-state index is 6.06. The van der Waals surface area contributed by atoms with E-state index in [1.165, 1.54) is 0 Å². The molecule has 170 valence electrons. The van der Waals surface area contributed by atoms with Gasteiger partial charge in [0.05, 0.1) is 25.7 Å². The third-order valence-electron chi connectivity index (χ3n) is 5.81. The van der Waals surface area contributed by atoms with Crippen LogP contribution < -0.4 is 15.8 Å². The van der Waals surface area contributed by atoms with Gasteiger partial charge in [-0.2, -0.15) is 9.97 Å². The first kappa shape index (κ1) is 21.4. The van der Waals surface area contributed by atoms with Crippen molar-refractivity contribution in [3.63, 3.8) is 0 Å². The number of methoxy groups -OCH3 is 1. The van der Waals surface area contributed by atoms with Crippen molar-refractivity contribution in [3.8, 4) is 16.9 Å². The van der Waals surface area contributed by atoms with Gasteiger partial charge in [-0.05, 0) is 37.1 Å². The summed E-state index contributed by atoms with van der Waals surface area (Å²) in [6.45, 7) is 4.47. The average Bonchev–Trinajstić information content (AvgIpc) is 3.25. The lowest BCUT2D eigenvalue weighted by Gasteiger charge is -2.13. The largest absolute Gasteiger partial charge is 0.496 e. The van der Waals surface area contributed by atoms with E-state index in [9.17, 15) is 0 Å². The van der Waals surface area contributed by atoms with Crippen LogP contribution in [-0.4, -0.2) is 31.6 Å². The van der Waals surface area contributed by atoms with E-state index in [4.69, 9.17) is 10.5 Å². The van der Waals surface area contributed by atoms with E-state index in [1.54, 1.807) is 13.4 Å². The number of nitrogen functional groups attached to an aromatic ring is 1. The van der Waals surface area contributed by atoms with Crippen LogP contribution in [0.4, 0.5) is 17.5 Å². The quantitative estimate of drug-likeness (QED) is 0.379. The minimum atomic E-state index is 0.170. The molecule has 0 fully saturated rings. The molecule has 34 heavy (non-hydrogen) atoms. The fourth-order valence-electron chi connectivity index (χ4n) is 4.07. The van der Waals surface area contributed by atoms with Gasteiger partial charge in [0, 0.05) is 23.0 Å². The molecule has 8 heteroatoms. The fourth-order valence-corrected chi connectivity index (χ4v) is 4.07. The molecule has 0 amide bonds. The van der Waals surface area contributed by atoms with E-state index >= 15 is 0 Å². The van der Waals surface area contributed by atoms with Crippen molar-refractivity contribution in [2.45, 2.75) is 20.4 Å². The molecule has 3 N–H and O–H groups in total. The van der Waals surface area contributed by atoms with Gasteiger partial charge in [-0.25, -0.2) is 4.98 Å². The van der Waals surface area contributed by atoms with Crippen LogP contribution in [0.2, 0.25) is 0 Å². The number of anilines is 3. The summed E-state index contributed by atoms with van der Waals surface area (Å²) >= 11 is 0. The monoisotopic (exact) mass is 451 g/mol. The molecule has 2 aromatic carbocycles. The van der Waals surface area contributed by atoms with Crippen molar-refractivity contribution < 1.29 is 4.74 Å². The molecule has 5 rings (SSSR count). The summed E-state index contributed by atoms with van der Waals surface area (Å²) in [6.07, 6.45) is 3.55. The Kier molecular flexibility index (Phi) is 5.55. The second kappa shape index (κ2) is 8.82. The molecular formula is C26H25N7O. The standard InChI is InChI=1S/C26H25N7O/c1-16-13-28-21(17(2)23(16)34-3)14-33-15-29-22-24(31-26(27)32-25(22)33)30-20-11-9-19(10-12-20)18-7-5-4-6-8-18/h4-13,15H,14H2,1-3H3,(H3,27,30,31,32). The zero-order valence-electron chi connectivity index (χ0n) is 19.3. The summed E-state index contributed by atoms with van der Waals surface area (Å²) in [5, 5.41) is 3.34. The number of rotatable bonds is 6. The Hall–Kier alpha value is -4.46. The highest BCUT2D eigenvalue weighted by molar-refractivity contribution is 5.86. The maximum Gasteiger partial charge on any atom is 0.224 e. The van der Waals surface area contributed by atoms with Crippen LogP contribution in [0, 0.1) is 13.8 Å². The van der Waals surface area contributed by atoms with E-state index in [-0.39, 0.29) is 5.95 Å². The van der Waals surface area contributed by atoms with E-state index in [0.29, 0.717) is 23.5 Å². The van der Waals surface area contributed by atoms with Gasteiger partial charge in [0.15, 0.2) is 17.0 Å². The summed E-state index contributed by atoms with van der Waals surface area (Å²) in [4.78, 5) is 18.0. The van der Waals surface area contributed by atoms with Crippen LogP contribution in [0.1, 0.15) is 16.8 Å². The summed E-state index contributed by atoms with van der Waals surface area (Å²) < 4.78 is 7.46. The van der Waals surface area contributed by atoms with Crippen LogP contribution >= 0.6 is 0 Å². The molecule has 0 spiro atoms. The van der Waals surface area contributed by atoms with Gasteiger partial charge in [0.25, 0.3) is 0 Å². The number of fused-ring (bicyclic) bond motifs is 1. The minimum Gasteiger partial charge on any atom is -0.496 e. The zero-order valence-corrected chi connectivity index (χ0v) is 19.3. The van der Waals surface area contributed by atoms with Gasteiger partial charge >= 0.3 is 0 Å². The van der Waals surface area contributed by atoms with Crippen LogP contribution in [0.25, 0.3) is 22.3 Å². The first-order valence-electron chi connectivity index (χ1n) is 10.9. The molecule has 3 heterocycles. The lowest BCUT2D eigenvalue weighted by Crippen LogP contribution is -2.07. The lowest BCUT2D eigenvalue weighted by molar-refractivity contribution is 0.406. The average molecular weight is 452 g/mol. The molecule has 0 bridgehead atoms. The number of hydrogen-bond donors (Lipinski definition) is 2. The van der Waals surface area contributed by atoms with E-state index in [2.05, 4.69) is 49.5 Å². The number of aromatic nitrogens is 5. The van der Waals surface area contributed by atoms with Crippen molar-refractivity contribution in [2.24, 2.45) is 0 Å². The van der Waals surface area contributed by atoms with Gasteiger partial charge in [-0.1, -0.05) is 42.5 Å². The Balaban J connectivity index is 1.45. The van der Waals surface area contributed by atoms with Crippen LogP contribution in [0.3, 0.4) is 0 Å². The summed E-state index contributed by atoms with van der Waals surface area (Å²) in [7, 11) is 1.67. The molecule has 8 nitrogen and oxygen atoms in total. The second-order valence-electron chi connectivity index (χ2n) is 8.09. The highest BCUT2D eigenvalue weighted by atomic mass is 16.5. The molecule has 5 aromatic rings. The molecule has 0 unspecified atom stereocenters. The smallest absolute Gasteiger partial charge is 0.224 e. The van der Waals surface area contributed by atoms with Gasteiger partial charge < -0.3 is 20.4 Å². The third-order valence-corrected chi connectivity index (χ3v) is 5.81.